The number of hydrogen-bond donors (Lipinski definition) is 3. The first kappa shape index (κ1) is 18.3. The summed E-state index contributed by atoms with van der Waals surface area (Å²) in [5.74, 6) is 1.24. The Kier molecular flexibility index (Phi) is 6.13. The van der Waals surface area contributed by atoms with Crippen LogP contribution in [-0.2, 0) is 9.53 Å². The molecule has 0 saturated carbocycles. The zero-order chi connectivity index (χ0) is 18.4. The Bertz CT molecular complexity index is 653. The molecule has 1 unspecified atom stereocenters. The Morgan fingerprint density at radius 3 is 2.88 bits per heavy atom. The maximum Gasteiger partial charge on any atom is 0.315 e. The van der Waals surface area contributed by atoms with Gasteiger partial charge in [0.15, 0.2) is 11.5 Å². The molecule has 9 heteroatoms. The van der Waals surface area contributed by atoms with Gasteiger partial charge in [-0.2, -0.15) is 0 Å². The van der Waals surface area contributed by atoms with Crippen molar-refractivity contribution in [3.8, 4) is 11.5 Å². The van der Waals surface area contributed by atoms with E-state index in [2.05, 4.69) is 10.6 Å². The van der Waals surface area contributed by atoms with E-state index in [0.717, 1.165) is 5.69 Å². The van der Waals surface area contributed by atoms with Crippen molar-refractivity contribution < 1.29 is 28.9 Å². The van der Waals surface area contributed by atoms with E-state index in [1.165, 1.54) is 0 Å². The number of aliphatic hydroxyl groups excluding tert-OH is 1. The van der Waals surface area contributed by atoms with E-state index in [-0.39, 0.29) is 37.6 Å². The highest BCUT2D eigenvalue weighted by Gasteiger charge is 2.32. The van der Waals surface area contributed by atoms with Crippen LogP contribution in [0.25, 0.3) is 0 Å². The first-order chi connectivity index (χ1) is 12.7. The lowest BCUT2D eigenvalue weighted by atomic mass is 10.2. The number of ether oxygens (including phenoxy) is 3. The topological polar surface area (TPSA) is 109 Å². The fraction of sp³-hybridized carbons (Fsp3) is 0.529. The number of carbonyl (C=O) groups is 2. The fourth-order valence-electron chi connectivity index (χ4n) is 2.89. The third-order valence-corrected chi connectivity index (χ3v) is 4.07. The molecule has 0 spiro atoms. The molecule has 9 nitrogen and oxygen atoms in total. The van der Waals surface area contributed by atoms with Crippen LogP contribution in [0, 0.1) is 0 Å². The number of nitrogens with zero attached hydrogens (tertiary/aromatic N) is 1. The third kappa shape index (κ3) is 4.55. The van der Waals surface area contributed by atoms with Crippen molar-refractivity contribution in [1.29, 1.82) is 0 Å². The van der Waals surface area contributed by atoms with Crippen LogP contribution in [0.15, 0.2) is 18.2 Å². The normalized spacial score (nSPS) is 18.7. The molecule has 2 aliphatic heterocycles. The lowest BCUT2D eigenvalue weighted by molar-refractivity contribution is -0.117. The van der Waals surface area contributed by atoms with Gasteiger partial charge in [0.2, 0.25) is 5.91 Å². The average molecular weight is 365 g/mol. The maximum absolute atomic E-state index is 12.3. The van der Waals surface area contributed by atoms with Crippen LogP contribution in [-0.4, -0.2) is 69.2 Å². The highest BCUT2D eigenvalue weighted by atomic mass is 16.6. The molecule has 142 valence electrons. The maximum atomic E-state index is 12.3. The number of nitrogens with one attached hydrogen (secondary N) is 2. The van der Waals surface area contributed by atoms with Crippen LogP contribution < -0.4 is 25.0 Å². The zero-order valence-corrected chi connectivity index (χ0v) is 14.4. The second kappa shape index (κ2) is 8.72. The van der Waals surface area contributed by atoms with Crippen molar-refractivity contribution in [1.82, 2.24) is 10.6 Å². The minimum Gasteiger partial charge on any atom is -0.486 e. The summed E-state index contributed by atoms with van der Waals surface area (Å²) in [6.45, 7) is 2.24. The minimum absolute atomic E-state index is 0.0495. The van der Waals surface area contributed by atoms with Crippen molar-refractivity contribution in [3.63, 3.8) is 0 Å². The number of hydrogen-bond acceptors (Lipinski definition) is 6. The molecular weight excluding hydrogens is 342 g/mol. The number of urea groups is 1. The number of carbonyl (C=O) groups excluding carboxylic acids is 2. The Morgan fingerprint density at radius 2 is 2.08 bits per heavy atom. The van der Waals surface area contributed by atoms with Gasteiger partial charge in [-0.15, -0.1) is 0 Å². The van der Waals surface area contributed by atoms with E-state index in [4.69, 9.17) is 19.3 Å². The summed E-state index contributed by atoms with van der Waals surface area (Å²) < 4.78 is 16.1. The molecule has 2 aliphatic rings. The molecule has 1 aromatic rings. The van der Waals surface area contributed by atoms with Crippen molar-refractivity contribution in [2.24, 2.45) is 0 Å². The summed E-state index contributed by atoms with van der Waals surface area (Å²) in [7, 11) is 0. The molecule has 3 amide bonds. The van der Waals surface area contributed by atoms with Crippen molar-refractivity contribution in [2.45, 2.75) is 12.5 Å². The predicted molar refractivity (Wildman–Crippen MR) is 92.6 cm³/mol. The van der Waals surface area contributed by atoms with Crippen LogP contribution in [0.5, 0.6) is 11.5 Å². The first-order valence-electron chi connectivity index (χ1n) is 8.60. The number of benzene rings is 1. The minimum atomic E-state index is -0.348. The highest BCUT2D eigenvalue weighted by Crippen LogP contribution is 2.35. The van der Waals surface area contributed by atoms with Crippen molar-refractivity contribution in [2.75, 3.05) is 51.0 Å². The number of amides is 3. The lowest BCUT2D eigenvalue weighted by Crippen LogP contribution is -2.44. The molecule has 0 aromatic heterocycles. The molecule has 3 rings (SSSR count). The van der Waals surface area contributed by atoms with E-state index in [1.54, 1.807) is 17.0 Å². The van der Waals surface area contributed by atoms with E-state index in [1.807, 2.05) is 6.07 Å². The number of anilines is 1. The van der Waals surface area contributed by atoms with Crippen molar-refractivity contribution in [3.05, 3.63) is 18.2 Å². The number of fused-ring (bicyclic) bond motifs is 1. The molecule has 0 aliphatic carbocycles. The van der Waals surface area contributed by atoms with Gasteiger partial charge in [-0.3, -0.25) is 4.79 Å². The number of aliphatic hydroxyl groups is 1. The van der Waals surface area contributed by atoms with E-state index in [0.29, 0.717) is 44.4 Å². The lowest BCUT2D eigenvalue weighted by Gasteiger charge is -2.22. The van der Waals surface area contributed by atoms with Gasteiger partial charge in [0.1, 0.15) is 13.2 Å². The molecule has 1 saturated heterocycles. The summed E-state index contributed by atoms with van der Waals surface area (Å²) in [4.78, 5) is 25.8. The standard InChI is InChI=1S/C17H23N3O6/c21-4-6-24-5-3-18-17(23)19-12-9-16(22)20(11-12)13-1-2-14-15(10-13)26-8-7-25-14/h1-2,10,12,21H,3-9,11H2,(H2,18,19,23). The summed E-state index contributed by atoms with van der Waals surface area (Å²) in [5.41, 5.74) is 0.723. The first-order valence-corrected chi connectivity index (χ1v) is 8.60. The van der Waals surface area contributed by atoms with Gasteiger partial charge in [-0.05, 0) is 12.1 Å². The van der Waals surface area contributed by atoms with Gasteiger partial charge in [0, 0.05) is 31.3 Å². The molecule has 0 radical (unpaired) electrons. The molecule has 1 atom stereocenters. The largest absolute Gasteiger partial charge is 0.486 e. The molecule has 1 fully saturated rings. The molecule has 26 heavy (non-hydrogen) atoms. The SMILES string of the molecule is O=C(NCCOCCO)NC1CC(=O)N(c2ccc3c(c2)OCCO3)C1. The van der Waals surface area contributed by atoms with Crippen LogP contribution in [0.1, 0.15) is 6.42 Å². The molecule has 3 N–H and O–H groups in total. The van der Waals surface area contributed by atoms with E-state index < -0.39 is 0 Å². The third-order valence-electron chi connectivity index (χ3n) is 4.07. The Morgan fingerprint density at radius 1 is 1.27 bits per heavy atom. The predicted octanol–water partition coefficient (Wildman–Crippen LogP) is -0.129. The average Bonchev–Trinajstić information content (AvgIpc) is 3.01. The summed E-state index contributed by atoms with van der Waals surface area (Å²) in [6.07, 6.45) is 0.239. The monoisotopic (exact) mass is 365 g/mol. The van der Waals surface area contributed by atoms with Gasteiger partial charge in [-0.25, -0.2) is 4.79 Å². The van der Waals surface area contributed by atoms with Crippen LogP contribution in [0.4, 0.5) is 10.5 Å². The Hall–Kier alpha value is -2.52. The van der Waals surface area contributed by atoms with Crippen LogP contribution in [0.3, 0.4) is 0 Å². The van der Waals surface area contributed by atoms with Crippen molar-refractivity contribution >= 4 is 17.6 Å². The smallest absolute Gasteiger partial charge is 0.315 e. The summed E-state index contributed by atoms with van der Waals surface area (Å²) in [6, 6.07) is 4.77. The van der Waals surface area contributed by atoms with Gasteiger partial charge >= 0.3 is 6.03 Å². The van der Waals surface area contributed by atoms with Gasteiger partial charge in [-0.1, -0.05) is 0 Å². The fourth-order valence-corrected chi connectivity index (χ4v) is 2.89. The highest BCUT2D eigenvalue weighted by molar-refractivity contribution is 5.97. The molecular formula is C17H23N3O6. The van der Waals surface area contributed by atoms with Crippen LogP contribution >= 0.6 is 0 Å². The van der Waals surface area contributed by atoms with Gasteiger partial charge in [0.05, 0.1) is 25.9 Å². The quantitative estimate of drug-likeness (QED) is 0.581. The zero-order valence-electron chi connectivity index (χ0n) is 14.4. The van der Waals surface area contributed by atoms with E-state index in [9.17, 15) is 9.59 Å². The summed E-state index contributed by atoms with van der Waals surface area (Å²) >= 11 is 0. The molecule has 0 bridgehead atoms. The Labute approximate surface area is 151 Å². The molecule has 1 aromatic carbocycles. The summed E-state index contributed by atoms with van der Waals surface area (Å²) in [5, 5.41) is 14.0. The second-order valence-electron chi connectivity index (χ2n) is 5.97. The van der Waals surface area contributed by atoms with E-state index >= 15 is 0 Å². The van der Waals surface area contributed by atoms with Crippen LogP contribution in [0.2, 0.25) is 0 Å². The second-order valence-corrected chi connectivity index (χ2v) is 5.97. The molecule has 2 heterocycles. The van der Waals surface area contributed by atoms with Gasteiger partial charge in [0.25, 0.3) is 0 Å². The van der Waals surface area contributed by atoms with Gasteiger partial charge < -0.3 is 34.9 Å². The number of rotatable bonds is 7. The Balaban J connectivity index is 1.50.